The average molecular weight is 247 g/mol. The van der Waals surface area contributed by atoms with Crippen LogP contribution >= 0.6 is 0 Å². The van der Waals surface area contributed by atoms with Crippen molar-refractivity contribution in [3.05, 3.63) is 0 Å². The van der Waals surface area contributed by atoms with Gasteiger partial charge in [-0.2, -0.15) is 0 Å². The highest BCUT2D eigenvalue weighted by Gasteiger charge is 2.33. The van der Waals surface area contributed by atoms with Crippen LogP contribution in [0.1, 0.15) is 40.0 Å². The van der Waals surface area contributed by atoms with Gasteiger partial charge in [-0.25, -0.2) is 8.42 Å². The predicted octanol–water partition coefficient (Wildman–Crippen LogP) is 1.84. The molecule has 0 heterocycles. The van der Waals surface area contributed by atoms with Crippen molar-refractivity contribution in [2.75, 3.05) is 18.1 Å². The summed E-state index contributed by atoms with van der Waals surface area (Å²) in [5, 5.41) is 3.38. The zero-order valence-electron chi connectivity index (χ0n) is 10.7. The SMILES string of the molecule is CCCNC(CS(=O)(=O)CC(C)C)C1CC1. The maximum Gasteiger partial charge on any atom is 0.152 e. The van der Waals surface area contributed by atoms with Gasteiger partial charge in [-0.15, -0.1) is 0 Å². The molecule has 0 radical (unpaired) electrons. The molecule has 0 saturated heterocycles. The van der Waals surface area contributed by atoms with Crippen LogP contribution in [0, 0.1) is 11.8 Å². The lowest BCUT2D eigenvalue weighted by molar-refractivity contribution is 0.487. The van der Waals surface area contributed by atoms with Crippen LogP contribution in [-0.4, -0.2) is 32.5 Å². The van der Waals surface area contributed by atoms with Crippen LogP contribution in [0.25, 0.3) is 0 Å². The molecule has 0 spiro atoms. The summed E-state index contributed by atoms with van der Waals surface area (Å²) < 4.78 is 23.8. The summed E-state index contributed by atoms with van der Waals surface area (Å²) in [5.41, 5.74) is 0. The molecule has 1 atom stereocenters. The van der Waals surface area contributed by atoms with Gasteiger partial charge in [0.15, 0.2) is 9.84 Å². The number of sulfone groups is 1. The zero-order chi connectivity index (χ0) is 12.2. The van der Waals surface area contributed by atoms with E-state index >= 15 is 0 Å². The lowest BCUT2D eigenvalue weighted by Gasteiger charge is -2.18. The first-order chi connectivity index (χ1) is 7.44. The van der Waals surface area contributed by atoms with Gasteiger partial charge < -0.3 is 5.32 Å². The fourth-order valence-corrected chi connectivity index (χ4v) is 4.13. The Morgan fingerprint density at radius 1 is 1.25 bits per heavy atom. The topological polar surface area (TPSA) is 46.2 Å². The summed E-state index contributed by atoms with van der Waals surface area (Å²) in [6.45, 7) is 6.96. The zero-order valence-corrected chi connectivity index (χ0v) is 11.5. The molecule has 1 saturated carbocycles. The third-order valence-electron chi connectivity index (χ3n) is 2.87. The molecule has 4 heteroatoms. The maximum atomic E-state index is 11.9. The van der Waals surface area contributed by atoms with Crippen molar-refractivity contribution in [2.45, 2.75) is 46.1 Å². The van der Waals surface area contributed by atoms with E-state index in [0.717, 1.165) is 13.0 Å². The Bertz CT molecular complexity index is 294. The van der Waals surface area contributed by atoms with Crippen molar-refractivity contribution >= 4 is 9.84 Å². The van der Waals surface area contributed by atoms with E-state index in [9.17, 15) is 8.42 Å². The molecule has 1 fully saturated rings. The highest BCUT2D eigenvalue weighted by Crippen LogP contribution is 2.33. The molecule has 0 aromatic carbocycles. The van der Waals surface area contributed by atoms with E-state index in [0.29, 0.717) is 17.4 Å². The molecule has 16 heavy (non-hydrogen) atoms. The Hall–Kier alpha value is -0.0900. The van der Waals surface area contributed by atoms with E-state index in [4.69, 9.17) is 0 Å². The molecule has 0 aromatic rings. The van der Waals surface area contributed by atoms with Gasteiger partial charge >= 0.3 is 0 Å². The van der Waals surface area contributed by atoms with Gasteiger partial charge in [-0.05, 0) is 37.6 Å². The molecule has 1 aliphatic rings. The van der Waals surface area contributed by atoms with Crippen molar-refractivity contribution in [3.63, 3.8) is 0 Å². The molecular weight excluding hydrogens is 222 g/mol. The molecule has 1 unspecified atom stereocenters. The molecule has 1 rings (SSSR count). The van der Waals surface area contributed by atoms with E-state index in [1.165, 1.54) is 12.8 Å². The molecule has 1 aliphatic carbocycles. The Kier molecular flexibility index (Phi) is 5.25. The highest BCUT2D eigenvalue weighted by atomic mass is 32.2. The number of rotatable bonds is 8. The molecule has 0 aliphatic heterocycles. The maximum absolute atomic E-state index is 11.9. The summed E-state index contributed by atoms with van der Waals surface area (Å²) in [5.74, 6) is 1.49. The first-order valence-corrected chi connectivity index (χ1v) is 8.20. The lowest BCUT2D eigenvalue weighted by atomic mass is 10.2. The van der Waals surface area contributed by atoms with Gasteiger partial charge in [0.2, 0.25) is 0 Å². The van der Waals surface area contributed by atoms with Crippen LogP contribution in [-0.2, 0) is 9.84 Å². The van der Waals surface area contributed by atoms with Crippen LogP contribution in [0.2, 0.25) is 0 Å². The Labute approximate surface area is 99.9 Å². The molecule has 96 valence electrons. The van der Waals surface area contributed by atoms with Gasteiger partial charge in [0.1, 0.15) is 0 Å². The molecule has 1 N–H and O–H groups in total. The largest absolute Gasteiger partial charge is 0.313 e. The smallest absolute Gasteiger partial charge is 0.152 e. The van der Waals surface area contributed by atoms with Gasteiger partial charge in [0.05, 0.1) is 11.5 Å². The van der Waals surface area contributed by atoms with Crippen molar-refractivity contribution < 1.29 is 8.42 Å². The number of nitrogens with one attached hydrogen (secondary N) is 1. The molecule has 0 amide bonds. The predicted molar refractivity (Wildman–Crippen MR) is 68.3 cm³/mol. The molecule has 3 nitrogen and oxygen atoms in total. The minimum Gasteiger partial charge on any atom is -0.313 e. The Balaban J connectivity index is 2.46. The second-order valence-electron chi connectivity index (χ2n) is 5.37. The quantitative estimate of drug-likeness (QED) is 0.712. The van der Waals surface area contributed by atoms with Crippen LogP contribution in [0.3, 0.4) is 0 Å². The Morgan fingerprint density at radius 3 is 2.31 bits per heavy atom. The first kappa shape index (κ1) is 14.0. The summed E-state index contributed by atoms with van der Waals surface area (Å²) in [6, 6.07) is 0.198. The van der Waals surface area contributed by atoms with E-state index in [-0.39, 0.29) is 12.0 Å². The number of hydrogen-bond acceptors (Lipinski definition) is 3. The summed E-state index contributed by atoms with van der Waals surface area (Å²) >= 11 is 0. The monoisotopic (exact) mass is 247 g/mol. The van der Waals surface area contributed by atoms with Crippen molar-refractivity contribution in [1.82, 2.24) is 5.32 Å². The minimum atomic E-state index is -2.88. The van der Waals surface area contributed by atoms with Crippen molar-refractivity contribution in [2.24, 2.45) is 11.8 Å². The van der Waals surface area contributed by atoms with E-state index < -0.39 is 9.84 Å². The van der Waals surface area contributed by atoms with Crippen LogP contribution in [0.4, 0.5) is 0 Å². The molecular formula is C12H25NO2S. The van der Waals surface area contributed by atoms with Gasteiger partial charge in [-0.1, -0.05) is 20.8 Å². The highest BCUT2D eigenvalue weighted by molar-refractivity contribution is 7.91. The van der Waals surface area contributed by atoms with Gasteiger partial charge in [0.25, 0.3) is 0 Å². The van der Waals surface area contributed by atoms with Crippen LogP contribution < -0.4 is 5.32 Å². The average Bonchev–Trinajstić information content (AvgIpc) is 2.92. The lowest BCUT2D eigenvalue weighted by Crippen LogP contribution is -2.39. The minimum absolute atomic E-state index is 0.198. The summed E-state index contributed by atoms with van der Waals surface area (Å²) in [7, 11) is -2.88. The van der Waals surface area contributed by atoms with E-state index in [1.54, 1.807) is 0 Å². The van der Waals surface area contributed by atoms with Crippen LogP contribution in [0.15, 0.2) is 0 Å². The molecule has 0 bridgehead atoms. The van der Waals surface area contributed by atoms with E-state index in [1.807, 2.05) is 13.8 Å². The summed E-state index contributed by atoms with van der Waals surface area (Å²) in [6.07, 6.45) is 3.45. The van der Waals surface area contributed by atoms with Gasteiger partial charge in [0, 0.05) is 6.04 Å². The third-order valence-corrected chi connectivity index (χ3v) is 4.91. The normalized spacial score (nSPS) is 19.0. The van der Waals surface area contributed by atoms with Gasteiger partial charge in [-0.3, -0.25) is 0 Å². The van der Waals surface area contributed by atoms with Crippen molar-refractivity contribution in [3.8, 4) is 0 Å². The van der Waals surface area contributed by atoms with Crippen LogP contribution in [0.5, 0.6) is 0 Å². The number of hydrogen-bond donors (Lipinski definition) is 1. The van der Waals surface area contributed by atoms with Crippen molar-refractivity contribution in [1.29, 1.82) is 0 Å². The fraction of sp³-hybridized carbons (Fsp3) is 1.00. The standard InChI is InChI=1S/C12H25NO2S/c1-4-7-13-12(11-5-6-11)9-16(14,15)8-10(2)3/h10-13H,4-9H2,1-3H3. The first-order valence-electron chi connectivity index (χ1n) is 6.38. The molecule has 0 aromatic heterocycles. The Morgan fingerprint density at radius 2 is 1.88 bits per heavy atom. The second-order valence-corrected chi connectivity index (χ2v) is 7.52. The summed E-state index contributed by atoms with van der Waals surface area (Å²) in [4.78, 5) is 0. The second kappa shape index (κ2) is 6.01. The fourth-order valence-electron chi connectivity index (χ4n) is 2.04. The van der Waals surface area contributed by atoms with E-state index in [2.05, 4.69) is 12.2 Å². The third kappa shape index (κ3) is 5.30.